The van der Waals surface area contributed by atoms with Crippen molar-refractivity contribution in [3.63, 3.8) is 0 Å². The highest BCUT2D eigenvalue weighted by atomic mass is 16.2. The van der Waals surface area contributed by atoms with Crippen molar-refractivity contribution in [1.82, 2.24) is 0 Å². The molecule has 1 aliphatic carbocycles. The molecule has 1 saturated carbocycles. The molecule has 0 bridgehead atoms. The van der Waals surface area contributed by atoms with E-state index in [0.717, 1.165) is 24.8 Å². The first-order valence-electron chi connectivity index (χ1n) is 8.10. The molecule has 1 unspecified atom stereocenters. The number of benzene rings is 1. The normalized spacial score (nSPS) is 17.2. The van der Waals surface area contributed by atoms with Crippen LogP contribution in [0.15, 0.2) is 29.4 Å². The predicted octanol–water partition coefficient (Wildman–Crippen LogP) is 5.25. The molecule has 4 nitrogen and oxygen atoms in total. The van der Waals surface area contributed by atoms with Gasteiger partial charge in [0.15, 0.2) is 0 Å². The van der Waals surface area contributed by atoms with E-state index in [-0.39, 0.29) is 12.6 Å². The van der Waals surface area contributed by atoms with Crippen molar-refractivity contribution in [2.24, 2.45) is 5.11 Å². The molecule has 0 radical (unpaired) electrons. The molecule has 1 aliphatic rings. The molecule has 0 heterocycles. The highest BCUT2D eigenvalue weighted by Crippen LogP contribution is 2.33. The summed E-state index contributed by atoms with van der Waals surface area (Å²) in [6.45, 7) is 0.198. The second-order valence-corrected chi connectivity index (χ2v) is 5.94. The Morgan fingerprint density at radius 3 is 2.48 bits per heavy atom. The fourth-order valence-electron chi connectivity index (χ4n) is 3.23. The summed E-state index contributed by atoms with van der Waals surface area (Å²) < 4.78 is 0. The monoisotopic (exact) mass is 287 g/mol. The molecule has 2 rings (SSSR count). The van der Waals surface area contributed by atoms with Crippen LogP contribution < -0.4 is 0 Å². The van der Waals surface area contributed by atoms with Crippen LogP contribution in [0, 0.1) is 0 Å². The Kier molecular flexibility index (Phi) is 6.58. The molecule has 1 fully saturated rings. The summed E-state index contributed by atoms with van der Waals surface area (Å²) in [6.07, 6.45) is 9.10. The van der Waals surface area contributed by atoms with Crippen molar-refractivity contribution in [3.8, 4) is 0 Å². The molecule has 21 heavy (non-hydrogen) atoms. The van der Waals surface area contributed by atoms with E-state index in [4.69, 9.17) is 10.6 Å². The Morgan fingerprint density at radius 2 is 1.86 bits per heavy atom. The Balaban J connectivity index is 2.02. The maximum atomic E-state index is 8.86. The summed E-state index contributed by atoms with van der Waals surface area (Å²) in [5, 5.41) is 12.8. The minimum absolute atomic E-state index is 0.109. The average molecular weight is 287 g/mol. The smallest absolute Gasteiger partial charge is 0.0625 e. The van der Waals surface area contributed by atoms with Gasteiger partial charge in [-0.2, -0.15) is 0 Å². The van der Waals surface area contributed by atoms with Crippen LogP contribution in [-0.2, 0) is 0 Å². The first-order valence-corrected chi connectivity index (χ1v) is 8.10. The van der Waals surface area contributed by atoms with E-state index in [9.17, 15) is 0 Å². The highest BCUT2D eigenvalue weighted by molar-refractivity contribution is 5.27. The van der Waals surface area contributed by atoms with Gasteiger partial charge in [-0.1, -0.05) is 55.1 Å². The van der Waals surface area contributed by atoms with Crippen LogP contribution in [0.1, 0.15) is 74.5 Å². The van der Waals surface area contributed by atoms with Crippen LogP contribution in [0.3, 0.4) is 0 Å². The molecule has 1 N–H and O–H groups in total. The number of aliphatic hydroxyl groups is 1. The topological polar surface area (TPSA) is 69.0 Å². The van der Waals surface area contributed by atoms with E-state index in [1.807, 2.05) is 0 Å². The largest absolute Gasteiger partial charge is 0.396 e. The van der Waals surface area contributed by atoms with Gasteiger partial charge in [0.2, 0.25) is 0 Å². The van der Waals surface area contributed by atoms with E-state index in [1.165, 1.54) is 37.7 Å². The molecule has 1 atom stereocenters. The predicted molar refractivity (Wildman–Crippen MR) is 85.1 cm³/mol. The maximum Gasteiger partial charge on any atom is 0.0625 e. The van der Waals surface area contributed by atoms with Gasteiger partial charge >= 0.3 is 0 Å². The zero-order chi connectivity index (χ0) is 14.9. The second kappa shape index (κ2) is 8.71. The molecular weight excluding hydrogens is 262 g/mol. The Morgan fingerprint density at radius 1 is 1.14 bits per heavy atom. The Hall–Kier alpha value is -1.51. The molecule has 0 saturated heterocycles. The van der Waals surface area contributed by atoms with Gasteiger partial charge in [-0.3, -0.25) is 0 Å². The van der Waals surface area contributed by atoms with E-state index < -0.39 is 0 Å². The summed E-state index contributed by atoms with van der Waals surface area (Å²) in [5.41, 5.74) is 11.2. The number of hydrogen-bond acceptors (Lipinski definition) is 2. The first kappa shape index (κ1) is 15.9. The molecular formula is C17H25N3O. The van der Waals surface area contributed by atoms with Gasteiger partial charge in [0.1, 0.15) is 0 Å². The van der Waals surface area contributed by atoms with Gasteiger partial charge in [-0.15, -0.1) is 0 Å². The highest BCUT2D eigenvalue weighted by Gasteiger charge is 2.16. The van der Waals surface area contributed by atoms with E-state index in [0.29, 0.717) is 5.92 Å². The van der Waals surface area contributed by atoms with Crippen LogP contribution in [0.5, 0.6) is 0 Å². The summed E-state index contributed by atoms with van der Waals surface area (Å²) >= 11 is 0. The van der Waals surface area contributed by atoms with E-state index in [1.54, 1.807) is 0 Å². The third-order valence-corrected chi connectivity index (χ3v) is 4.47. The molecule has 0 aliphatic heterocycles. The summed E-state index contributed by atoms with van der Waals surface area (Å²) in [6, 6.07) is 8.53. The number of rotatable bonds is 7. The van der Waals surface area contributed by atoms with Crippen LogP contribution in [0.4, 0.5) is 0 Å². The van der Waals surface area contributed by atoms with Crippen LogP contribution in [0.25, 0.3) is 10.4 Å². The van der Waals surface area contributed by atoms with Gasteiger partial charge in [0.25, 0.3) is 0 Å². The molecule has 0 spiro atoms. The lowest BCUT2D eigenvalue weighted by Gasteiger charge is -2.22. The fourth-order valence-corrected chi connectivity index (χ4v) is 3.23. The van der Waals surface area contributed by atoms with Gasteiger partial charge in [0.05, 0.1) is 6.04 Å². The zero-order valence-electron chi connectivity index (χ0n) is 12.6. The van der Waals surface area contributed by atoms with Crippen molar-refractivity contribution < 1.29 is 5.11 Å². The fraction of sp³-hybridized carbons (Fsp3) is 0.647. The van der Waals surface area contributed by atoms with Gasteiger partial charge in [-0.05, 0) is 48.3 Å². The zero-order valence-corrected chi connectivity index (χ0v) is 12.6. The minimum atomic E-state index is -0.109. The lowest BCUT2D eigenvalue weighted by Crippen LogP contribution is -2.05. The third-order valence-electron chi connectivity index (χ3n) is 4.47. The van der Waals surface area contributed by atoms with Crippen molar-refractivity contribution in [3.05, 3.63) is 45.8 Å². The molecule has 4 heteroatoms. The molecule has 0 amide bonds. The van der Waals surface area contributed by atoms with Crippen LogP contribution >= 0.6 is 0 Å². The van der Waals surface area contributed by atoms with Gasteiger partial charge in [-0.25, -0.2) is 0 Å². The summed E-state index contributed by atoms with van der Waals surface area (Å²) in [4.78, 5) is 2.97. The lowest BCUT2D eigenvalue weighted by molar-refractivity contribution is 0.281. The molecule has 114 valence electrons. The molecule has 1 aromatic carbocycles. The SMILES string of the molecule is [N-]=[N+]=NC(CCCCO)c1ccc(C2CCCCC2)cc1. The minimum Gasteiger partial charge on any atom is -0.396 e. The molecule has 0 aromatic heterocycles. The van der Waals surface area contributed by atoms with E-state index in [2.05, 4.69) is 34.3 Å². The third kappa shape index (κ3) is 4.76. The van der Waals surface area contributed by atoms with Crippen molar-refractivity contribution in [2.45, 2.75) is 63.3 Å². The number of unbranched alkanes of at least 4 members (excludes halogenated alkanes) is 1. The quantitative estimate of drug-likeness (QED) is 0.316. The molecule has 1 aromatic rings. The Bertz CT molecular complexity index is 459. The van der Waals surface area contributed by atoms with Crippen molar-refractivity contribution >= 4 is 0 Å². The standard InChI is InChI=1S/C17H25N3O/c18-20-19-17(8-4-5-13-21)16-11-9-15(10-12-16)14-6-2-1-3-7-14/h9-12,14,17,21H,1-8,13H2. The number of hydrogen-bond donors (Lipinski definition) is 1. The van der Waals surface area contributed by atoms with Crippen molar-refractivity contribution in [2.75, 3.05) is 6.61 Å². The van der Waals surface area contributed by atoms with Gasteiger partial charge in [0, 0.05) is 11.5 Å². The number of aliphatic hydroxyl groups excluding tert-OH is 1. The summed E-state index contributed by atoms with van der Waals surface area (Å²) in [7, 11) is 0. The van der Waals surface area contributed by atoms with E-state index >= 15 is 0 Å². The second-order valence-electron chi connectivity index (χ2n) is 5.94. The summed E-state index contributed by atoms with van der Waals surface area (Å²) in [5.74, 6) is 0.708. The lowest BCUT2D eigenvalue weighted by atomic mass is 9.83. The van der Waals surface area contributed by atoms with Crippen LogP contribution in [0.2, 0.25) is 0 Å². The first-order chi connectivity index (χ1) is 10.3. The van der Waals surface area contributed by atoms with Gasteiger partial charge < -0.3 is 5.11 Å². The number of azide groups is 1. The van der Waals surface area contributed by atoms with Crippen LogP contribution in [-0.4, -0.2) is 11.7 Å². The maximum absolute atomic E-state index is 8.86. The number of nitrogens with zero attached hydrogens (tertiary/aromatic N) is 3. The van der Waals surface area contributed by atoms with Crippen molar-refractivity contribution in [1.29, 1.82) is 0 Å². The Labute approximate surface area is 126 Å². The average Bonchev–Trinajstić information content (AvgIpc) is 2.55.